The van der Waals surface area contributed by atoms with Crippen molar-refractivity contribution < 1.29 is 4.79 Å². The van der Waals surface area contributed by atoms with Gasteiger partial charge >= 0.3 is 0 Å². The average Bonchev–Trinajstić information content (AvgIpc) is 2.29. The molecule has 3 heteroatoms. The summed E-state index contributed by atoms with van der Waals surface area (Å²) in [5.74, 6) is 0.0164. The molecule has 1 aromatic carbocycles. The minimum absolute atomic E-state index is 0.0164. The topological polar surface area (TPSA) is 41.1 Å². The van der Waals surface area contributed by atoms with E-state index in [2.05, 4.69) is 23.6 Å². The van der Waals surface area contributed by atoms with Gasteiger partial charge in [-0.3, -0.25) is 4.79 Å². The van der Waals surface area contributed by atoms with Crippen LogP contribution in [0.25, 0.3) is 0 Å². The molecule has 0 radical (unpaired) electrons. The van der Waals surface area contributed by atoms with E-state index in [1.807, 2.05) is 32.9 Å². The van der Waals surface area contributed by atoms with E-state index in [0.29, 0.717) is 12.6 Å². The lowest BCUT2D eigenvalue weighted by Crippen LogP contribution is -2.33. The molecule has 94 valence electrons. The zero-order valence-electron chi connectivity index (χ0n) is 11.1. The summed E-state index contributed by atoms with van der Waals surface area (Å²) >= 11 is 0. The van der Waals surface area contributed by atoms with Gasteiger partial charge in [0, 0.05) is 11.7 Å². The molecule has 0 heterocycles. The van der Waals surface area contributed by atoms with Crippen molar-refractivity contribution in [2.24, 2.45) is 0 Å². The fraction of sp³-hybridized carbons (Fsp3) is 0.500. The van der Waals surface area contributed by atoms with E-state index in [-0.39, 0.29) is 5.91 Å². The molecule has 17 heavy (non-hydrogen) atoms. The average molecular weight is 234 g/mol. The summed E-state index contributed by atoms with van der Waals surface area (Å²) < 4.78 is 0. The van der Waals surface area contributed by atoms with Gasteiger partial charge in [0.1, 0.15) is 0 Å². The van der Waals surface area contributed by atoms with Crippen molar-refractivity contribution in [3.63, 3.8) is 0 Å². The van der Waals surface area contributed by atoms with Gasteiger partial charge in [-0.1, -0.05) is 39.0 Å². The van der Waals surface area contributed by atoms with Gasteiger partial charge in [-0.05, 0) is 24.5 Å². The van der Waals surface area contributed by atoms with Gasteiger partial charge in [0.15, 0.2) is 0 Å². The fourth-order valence-electron chi connectivity index (χ4n) is 1.68. The molecule has 0 aliphatic heterocycles. The molecule has 1 aromatic rings. The smallest absolute Gasteiger partial charge is 0.238 e. The molecule has 0 aliphatic carbocycles. The molecule has 0 saturated heterocycles. The van der Waals surface area contributed by atoms with Gasteiger partial charge in [0.25, 0.3) is 0 Å². The molecule has 0 unspecified atom stereocenters. The molecule has 0 saturated carbocycles. The van der Waals surface area contributed by atoms with E-state index in [1.165, 1.54) is 5.56 Å². The Balaban J connectivity index is 2.70. The lowest BCUT2D eigenvalue weighted by Gasteiger charge is -2.14. The van der Waals surface area contributed by atoms with Crippen LogP contribution in [0.15, 0.2) is 18.2 Å². The zero-order valence-corrected chi connectivity index (χ0v) is 11.1. The third-order valence-electron chi connectivity index (χ3n) is 2.68. The van der Waals surface area contributed by atoms with Gasteiger partial charge in [-0.25, -0.2) is 0 Å². The lowest BCUT2D eigenvalue weighted by molar-refractivity contribution is -0.115. The maximum Gasteiger partial charge on any atom is 0.238 e. The summed E-state index contributed by atoms with van der Waals surface area (Å²) in [5, 5.41) is 6.09. The second kappa shape index (κ2) is 6.40. The Morgan fingerprint density at radius 3 is 2.65 bits per heavy atom. The van der Waals surface area contributed by atoms with Gasteiger partial charge < -0.3 is 10.6 Å². The Bertz CT molecular complexity index is 386. The largest absolute Gasteiger partial charge is 0.324 e. The maximum atomic E-state index is 11.8. The number of aryl methyl sites for hydroxylation is 2. The number of para-hydroxylation sites is 1. The molecular formula is C14H22N2O. The highest BCUT2D eigenvalue weighted by Gasteiger charge is 2.08. The van der Waals surface area contributed by atoms with Gasteiger partial charge in [-0.15, -0.1) is 0 Å². The summed E-state index contributed by atoms with van der Waals surface area (Å²) in [6.07, 6.45) is 0.925. The number of carbonyl (C=O) groups is 1. The lowest BCUT2D eigenvalue weighted by atomic mass is 10.1. The van der Waals surface area contributed by atoms with Crippen LogP contribution in [0.5, 0.6) is 0 Å². The van der Waals surface area contributed by atoms with Crippen molar-refractivity contribution >= 4 is 11.6 Å². The van der Waals surface area contributed by atoms with Crippen LogP contribution >= 0.6 is 0 Å². The second-order valence-electron chi connectivity index (χ2n) is 4.55. The first-order chi connectivity index (χ1) is 8.04. The van der Waals surface area contributed by atoms with Crippen molar-refractivity contribution in [2.75, 3.05) is 11.9 Å². The number of anilines is 1. The molecule has 0 bridgehead atoms. The quantitative estimate of drug-likeness (QED) is 0.822. The standard InChI is InChI=1S/C14H22N2O/c1-5-12-8-6-7-11(4)14(12)16-13(17)9-15-10(2)3/h6-8,10,15H,5,9H2,1-4H3,(H,16,17). The Morgan fingerprint density at radius 2 is 2.06 bits per heavy atom. The molecule has 3 nitrogen and oxygen atoms in total. The second-order valence-corrected chi connectivity index (χ2v) is 4.55. The van der Waals surface area contributed by atoms with Crippen molar-refractivity contribution in [3.05, 3.63) is 29.3 Å². The number of hydrogen-bond donors (Lipinski definition) is 2. The number of rotatable bonds is 5. The van der Waals surface area contributed by atoms with E-state index in [4.69, 9.17) is 0 Å². The highest BCUT2D eigenvalue weighted by molar-refractivity contribution is 5.93. The molecule has 0 atom stereocenters. The molecule has 1 rings (SSSR count). The highest BCUT2D eigenvalue weighted by Crippen LogP contribution is 2.20. The third-order valence-corrected chi connectivity index (χ3v) is 2.68. The molecule has 2 N–H and O–H groups in total. The maximum absolute atomic E-state index is 11.8. The summed E-state index contributed by atoms with van der Waals surface area (Å²) in [5.41, 5.74) is 3.26. The predicted octanol–water partition coefficient (Wildman–Crippen LogP) is 2.49. The summed E-state index contributed by atoms with van der Waals surface area (Å²) in [6, 6.07) is 6.42. The molecule has 0 aliphatic rings. The van der Waals surface area contributed by atoms with Crippen molar-refractivity contribution in [2.45, 2.75) is 40.2 Å². The van der Waals surface area contributed by atoms with Crippen LogP contribution < -0.4 is 10.6 Å². The number of amides is 1. The summed E-state index contributed by atoms with van der Waals surface area (Å²) in [6.45, 7) is 8.52. The van der Waals surface area contributed by atoms with Crippen molar-refractivity contribution in [1.29, 1.82) is 0 Å². The van der Waals surface area contributed by atoms with Crippen LogP contribution in [0.4, 0.5) is 5.69 Å². The van der Waals surface area contributed by atoms with Crippen LogP contribution in [0, 0.1) is 6.92 Å². The predicted molar refractivity (Wildman–Crippen MR) is 72.3 cm³/mol. The van der Waals surface area contributed by atoms with E-state index in [1.54, 1.807) is 0 Å². The third kappa shape index (κ3) is 4.19. The monoisotopic (exact) mass is 234 g/mol. The summed E-state index contributed by atoms with van der Waals surface area (Å²) in [7, 11) is 0. The molecule has 0 spiro atoms. The Morgan fingerprint density at radius 1 is 1.35 bits per heavy atom. The summed E-state index contributed by atoms with van der Waals surface area (Å²) in [4.78, 5) is 11.8. The SMILES string of the molecule is CCc1cccc(C)c1NC(=O)CNC(C)C. The van der Waals surface area contributed by atoms with Crippen LogP contribution in [0.1, 0.15) is 31.9 Å². The Hall–Kier alpha value is -1.35. The fourth-order valence-corrected chi connectivity index (χ4v) is 1.68. The van der Waals surface area contributed by atoms with Crippen molar-refractivity contribution in [3.8, 4) is 0 Å². The van der Waals surface area contributed by atoms with E-state index >= 15 is 0 Å². The van der Waals surface area contributed by atoms with Crippen LogP contribution in [-0.4, -0.2) is 18.5 Å². The zero-order chi connectivity index (χ0) is 12.8. The minimum atomic E-state index is 0.0164. The Kier molecular flexibility index (Phi) is 5.16. The number of hydrogen-bond acceptors (Lipinski definition) is 2. The molecular weight excluding hydrogens is 212 g/mol. The first-order valence-corrected chi connectivity index (χ1v) is 6.16. The molecule has 1 amide bonds. The van der Waals surface area contributed by atoms with Crippen LogP contribution in [0.2, 0.25) is 0 Å². The van der Waals surface area contributed by atoms with Crippen molar-refractivity contribution in [1.82, 2.24) is 5.32 Å². The normalized spacial score (nSPS) is 10.6. The highest BCUT2D eigenvalue weighted by atomic mass is 16.1. The van der Waals surface area contributed by atoms with Gasteiger partial charge in [-0.2, -0.15) is 0 Å². The number of benzene rings is 1. The number of carbonyl (C=O) groups excluding carboxylic acids is 1. The minimum Gasteiger partial charge on any atom is -0.324 e. The van der Waals surface area contributed by atoms with Crippen LogP contribution in [0.3, 0.4) is 0 Å². The van der Waals surface area contributed by atoms with E-state index in [9.17, 15) is 4.79 Å². The van der Waals surface area contributed by atoms with E-state index < -0.39 is 0 Å². The molecule has 0 fully saturated rings. The van der Waals surface area contributed by atoms with Gasteiger partial charge in [0.2, 0.25) is 5.91 Å². The first kappa shape index (κ1) is 13.7. The van der Waals surface area contributed by atoms with Gasteiger partial charge in [0.05, 0.1) is 6.54 Å². The van der Waals surface area contributed by atoms with Crippen LogP contribution in [-0.2, 0) is 11.2 Å². The first-order valence-electron chi connectivity index (χ1n) is 6.16. The Labute approximate surface area is 104 Å². The van der Waals surface area contributed by atoms with E-state index in [0.717, 1.165) is 17.7 Å². The molecule has 0 aromatic heterocycles. The number of nitrogens with one attached hydrogen (secondary N) is 2.